The van der Waals surface area contributed by atoms with Gasteiger partial charge in [-0.25, -0.2) is 0 Å². The third-order valence-corrected chi connectivity index (χ3v) is 6.92. The summed E-state index contributed by atoms with van der Waals surface area (Å²) in [5, 5.41) is 10.8. The lowest BCUT2D eigenvalue weighted by Crippen LogP contribution is -2.72. The standard InChI is InChI=1S/C22H32F3NO2/c1-5-21(27,22(23,24)25)19-26(14-16-9-7-6-8-10-16)20(3,4)17-12-11-15(2)13-18(17)28-19/h6-10,15,17-19,27H,5,11-14H2,1-4H3/t15-,17-,18-,19+,21-/m1/s1. The van der Waals surface area contributed by atoms with Crippen molar-refractivity contribution in [3.63, 3.8) is 0 Å². The Labute approximate surface area is 165 Å². The van der Waals surface area contributed by atoms with Crippen LogP contribution in [-0.4, -0.2) is 39.7 Å². The van der Waals surface area contributed by atoms with Gasteiger partial charge in [0.15, 0.2) is 5.60 Å². The van der Waals surface area contributed by atoms with Crippen molar-refractivity contribution in [3.8, 4) is 0 Å². The number of aliphatic hydroxyl groups is 1. The molecule has 1 N–H and O–H groups in total. The lowest BCUT2D eigenvalue weighted by Gasteiger charge is -2.60. The van der Waals surface area contributed by atoms with Gasteiger partial charge >= 0.3 is 6.18 Å². The minimum Gasteiger partial charge on any atom is -0.377 e. The number of benzene rings is 1. The van der Waals surface area contributed by atoms with E-state index < -0.39 is 30.0 Å². The number of hydrogen-bond acceptors (Lipinski definition) is 3. The molecule has 0 amide bonds. The molecular weight excluding hydrogens is 367 g/mol. The fourth-order valence-corrected chi connectivity index (χ4v) is 4.99. The van der Waals surface area contributed by atoms with E-state index in [1.165, 1.54) is 6.92 Å². The maximum Gasteiger partial charge on any atom is 0.421 e. The Hall–Kier alpha value is -1.11. The van der Waals surface area contributed by atoms with Crippen LogP contribution in [0.5, 0.6) is 0 Å². The van der Waals surface area contributed by atoms with Gasteiger partial charge in [-0.2, -0.15) is 13.2 Å². The van der Waals surface area contributed by atoms with E-state index in [4.69, 9.17) is 4.74 Å². The number of hydrogen-bond donors (Lipinski definition) is 1. The van der Waals surface area contributed by atoms with Crippen LogP contribution in [0.2, 0.25) is 0 Å². The van der Waals surface area contributed by atoms with E-state index in [1.54, 1.807) is 4.90 Å². The Morgan fingerprint density at radius 1 is 1.18 bits per heavy atom. The summed E-state index contributed by atoms with van der Waals surface area (Å²) >= 11 is 0. The molecule has 28 heavy (non-hydrogen) atoms. The average Bonchev–Trinajstić information content (AvgIpc) is 2.62. The number of fused-ring (bicyclic) bond motifs is 1. The van der Waals surface area contributed by atoms with Gasteiger partial charge in [-0.1, -0.05) is 50.6 Å². The summed E-state index contributed by atoms with van der Waals surface area (Å²) in [6.07, 6.45) is -4.21. The van der Waals surface area contributed by atoms with Gasteiger partial charge in [0.1, 0.15) is 6.23 Å². The smallest absolute Gasteiger partial charge is 0.377 e. The minimum absolute atomic E-state index is 0.137. The molecule has 2 fully saturated rings. The Morgan fingerprint density at radius 3 is 2.39 bits per heavy atom. The molecule has 0 spiro atoms. The molecule has 3 rings (SSSR count). The van der Waals surface area contributed by atoms with E-state index in [1.807, 2.05) is 44.2 Å². The first-order valence-corrected chi connectivity index (χ1v) is 10.3. The summed E-state index contributed by atoms with van der Waals surface area (Å²) in [6.45, 7) is 7.81. The summed E-state index contributed by atoms with van der Waals surface area (Å²) in [7, 11) is 0. The van der Waals surface area contributed by atoms with Crippen LogP contribution < -0.4 is 0 Å². The monoisotopic (exact) mass is 399 g/mol. The van der Waals surface area contributed by atoms with Crippen LogP contribution in [0.1, 0.15) is 58.9 Å². The van der Waals surface area contributed by atoms with Crippen LogP contribution in [0, 0.1) is 11.8 Å². The number of halogens is 3. The number of alkyl halides is 3. The van der Waals surface area contributed by atoms with E-state index in [2.05, 4.69) is 6.92 Å². The van der Waals surface area contributed by atoms with Gasteiger partial charge in [0.2, 0.25) is 0 Å². The van der Waals surface area contributed by atoms with E-state index in [0.717, 1.165) is 24.8 Å². The second kappa shape index (κ2) is 7.62. The normalized spacial score (nSPS) is 33.1. The first-order chi connectivity index (χ1) is 13.0. The highest BCUT2D eigenvalue weighted by atomic mass is 19.4. The molecule has 5 atom stereocenters. The van der Waals surface area contributed by atoms with E-state index in [9.17, 15) is 18.3 Å². The molecule has 1 heterocycles. The third kappa shape index (κ3) is 3.71. The summed E-state index contributed by atoms with van der Waals surface area (Å²) in [6, 6.07) is 9.45. The predicted molar refractivity (Wildman–Crippen MR) is 103 cm³/mol. The molecule has 1 aliphatic heterocycles. The van der Waals surface area contributed by atoms with Gasteiger partial charge in [-0.15, -0.1) is 0 Å². The molecule has 1 saturated carbocycles. The maximum atomic E-state index is 14.0. The van der Waals surface area contributed by atoms with Crippen molar-refractivity contribution >= 4 is 0 Å². The molecule has 3 nitrogen and oxygen atoms in total. The molecule has 0 bridgehead atoms. The highest BCUT2D eigenvalue weighted by Crippen LogP contribution is 2.50. The van der Waals surface area contributed by atoms with Crippen LogP contribution in [0.15, 0.2) is 30.3 Å². The van der Waals surface area contributed by atoms with Crippen LogP contribution in [0.4, 0.5) is 13.2 Å². The quantitative estimate of drug-likeness (QED) is 0.762. The average molecular weight is 399 g/mol. The molecule has 0 aromatic heterocycles. The summed E-state index contributed by atoms with van der Waals surface area (Å²) in [5.74, 6) is 0.553. The molecule has 6 heteroatoms. The van der Waals surface area contributed by atoms with E-state index >= 15 is 0 Å². The van der Waals surface area contributed by atoms with Gasteiger partial charge in [0.05, 0.1) is 6.10 Å². The van der Waals surface area contributed by atoms with Crippen molar-refractivity contribution < 1.29 is 23.0 Å². The zero-order valence-corrected chi connectivity index (χ0v) is 17.2. The van der Waals surface area contributed by atoms with Crippen molar-refractivity contribution in [2.75, 3.05) is 0 Å². The second-order valence-corrected chi connectivity index (χ2v) is 9.09. The second-order valence-electron chi connectivity index (χ2n) is 9.09. The molecule has 0 radical (unpaired) electrons. The fourth-order valence-electron chi connectivity index (χ4n) is 4.99. The van der Waals surface area contributed by atoms with Crippen LogP contribution in [-0.2, 0) is 11.3 Å². The van der Waals surface area contributed by atoms with Crippen LogP contribution in [0.3, 0.4) is 0 Å². The third-order valence-electron chi connectivity index (χ3n) is 6.92. The van der Waals surface area contributed by atoms with Gasteiger partial charge in [-0.3, -0.25) is 4.90 Å². The molecule has 2 aliphatic rings. The number of rotatable bonds is 4. The lowest BCUT2D eigenvalue weighted by molar-refractivity contribution is -0.360. The highest BCUT2D eigenvalue weighted by molar-refractivity contribution is 5.17. The summed E-state index contributed by atoms with van der Waals surface area (Å²) < 4.78 is 48.1. The predicted octanol–water partition coefficient (Wildman–Crippen LogP) is 5.13. The molecule has 1 aromatic rings. The van der Waals surface area contributed by atoms with Crippen molar-refractivity contribution in [1.82, 2.24) is 4.90 Å². The van der Waals surface area contributed by atoms with Crippen molar-refractivity contribution in [1.29, 1.82) is 0 Å². The summed E-state index contributed by atoms with van der Waals surface area (Å²) in [4.78, 5) is 1.75. The minimum atomic E-state index is -4.77. The zero-order chi connectivity index (χ0) is 20.7. The van der Waals surface area contributed by atoms with Gasteiger partial charge in [0, 0.05) is 18.0 Å². The molecular formula is C22H32F3NO2. The SMILES string of the molecule is CC[C@@](O)([C@@H]1O[C@@H]2C[C@H](C)CC[C@H]2C(C)(C)N1Cc1ccccc1)C(F)(F)F. The van der Waals surface area contributed by atoms with Gasteiger partial charge in [0.25, 0.3) is 0 Å². The van der Waals surface area contributed by atoms with E-state index in [0.29, 0.717) is 12.5 Å². The lowest BCUT2D eigenvalue weighted by atomic mass is 9.69. The molecule has 1 aliphatic carbocycles. The van der Waals surface area contributed by atoms with Crippen molar-refractivity contribution in [2.45, 2.75) is 89.6 Å². The first kappa shape index (κ1) is 21.6. The van der Waals surface area contributed by atoms with Gasteiger partial charge < -0.3 is 9.84 Å². The van der Waals surface area contributed by atoms with Gasteiger partial charge in [-0.05, 0) is 44.6 Å². The molecule has 1 saturated heterocycles. The Morgan fingerprint density at radius 2 is 1.82 bits per heavy atom. The fraction of sp³-hybridized carbons (Fsp3) is 0.727. The van der Waals surface area contributed by atoms with Crippen molar-refractivity contribution in [3.05, 3.63) is 35.9 Å². The Bertz CT molecular complexity index is 663. The summed E-state index contributed by atoms with van der Waals surface area (Å²) in [5.41, 5.74) is -2.53. The first-order valence-electron chi connectivity index (χ1n) is 10.3. The zero-order valence-electron chi connectivity index (χ0n) is 17.2. The molecule has 1 aromatic carbocycles. The Balaban J connectivity index is 2.04. The van der Waals surface area contributed by atoms with Crippen LogP contribution in [0.25, 0.3) is 0 Å². The van der Waals surface area contributed by atoms with Crippen molar-refractivity contribution in [2.24, 2.45) is 11.8 Å². The molecule has 158 valence electrons. The largest absolute Gasteiger partial charge is 0.421 e. The number of nitrogens with zero attached hydrogens (tertiary/aromatic N) is 1. The Kier molecular flexibility index (Phi) is 5.87. The van der Waals surface area contributed by atoms with E-state index in [-0.39, 0.29) is 12.0 Å². The van der Waals surface area contributed by atoms with Crippen LogP contribution >= 0.6 is 0 Å². The number of ether oxygens (including phenoxy) is 1. The molecule has 0 unspecified atom stereocenters. The highest BCUT2D eigenvalue weighted by Gasteiger charge is 2.64. The maximum absolute atomic E-state index is 14.0. The topological polar surface area (TPSA) is 32.7 Å².